The van der Waals surface area contributed by atoms with E-state index in [9.17, 15) is 0 Å². The number of aromatic nitrogens is 5. The third kappa shape index (κ3) is 4.41. The van der Waals surface area contributed by atoms with E-state index in [1.54, 1.807) is 0 Å². The number of H-pyrrole nitrogens is 1. The number of ether oxygens (including phenoxy) is 2. The Morgan fingerprint density at radius 2 is 1.72 bits per heavy atom. The van der Waals surface area contributed by atoms with Crippen molar-refractivity contribution in [2.24, 2.45) is 0 Å². The molecule has 2 heterocycles. The number of tetrazole rings is 1. The molecule has 0 aliphatic carbocycles. The Labute approximate surface area is 185 Å². The number of hydrogen-bond donors (Lipinski definition) is 1. The molecule has 5 aromatic rings. The predicted octanol–water partition coefficient (Wildman–Crippen LogP) is 4.88. The van der Waals surface area contributed by atoms with E-state index in [1.165, 1.54) is 0 Å². The van der Waals surface area contributed by atoms with E-state index in [0.29, 0.717) is 19.0 Å². The summed E-state index contributed by atoms with van der Waals surface area (Å²) < 4.78 is 12.0. The molecular formula is C25H21N5O2. The molecule has 5 rings (SSSR count). The number of aromatic amines is 1. The fourth-order valence-corrected chi connectivity index (χ4v) is 3.41. The molecule has 0 aliphatic rings. The van der Waals surface area contributed by atoms with E-state index in [2.05, 4.69) is 37.7 Å². The second kappa shape index (κ2) is 8.85. The molecule has 0 unspecified atom stereocenters. The predicted molar refractivity (Wildman–Crippen MR) is 121 cm³/mol. The van der Waals surface area contributed by atoms with Crippen LogP contribution < -0.4 is 9.47 Å². The van der Waals surface area contributed by atoms with Crippen LogP contribution in [0.25, 0.3) is 22.3 Å². The van der Waals surface area contributed by atoms with Crippen LogP contribution in [0.15, 0.2) is 78.9 Å². The monoisotopic (exact) mass is 423 g/mol. The highest BCUT2D eigenvalue weighted by molar-refractivity contribution is 5.78. The fourth-order valence-electron chi connectivity index (χ4n) is 3.41. The van der Waals surface area contributed by atoms with Crippen molar-refractivity contribution in [1.29, 1.82) is 0 Å². The smallest absolute Gasteiger partial charge is 0.204 e. The van der Waals surface area contributed by atoms with Crippen LogP contribution in [0.5, 0.6) is 11.5 Å². The highest BCUT2D eigenvalue weighted by atomic mass is 16.5. The Kier molecular flexibility index (Phi) is 5.45. The minimum absolute atomic E-state index is 0.415. The first-order chi connectivity index (χ1) is 15.7. The van der Waals surface area contributed by atoms with Gasteiger partial charge in [-0.15, -0.1) is 10.2 Å². The van der Waals surface area contributed by atoms with Crippen LogP contribution in [0, 0.1) is 6.92 Å². The van der Waals surface area contributed by atoms with Gasteiger partial charge in [-0.3, -0.25) is 0 Å². The molecule has 7 nitrogen and oxygen atoms in total. The van der Waals surface area contributed by atoms with Gasteiger partial charge in [0, 0.05) is 10.9 Å². The molecule has 0 bridgehead atoms. The van der Waals surface area contributed by atoms with Crippen molar-refractivity contribution >= 4 is 10.9 Å². The number of benzene rings is 3. The van der Waals surface area contributed by atoms with Crippen LogP contribution in [0.2, 0.25) is 0 Å². The lowest BCUT2D eigenvalue weighted by molar-refractivity contribution is 0.293. The number of pyridine rings is 1. The van der Waals surface area contributed by atoms with Crippen molar-refractivity contribution in [2.45, 2.75) is 20.1 Å². The Bertz CT molecular complexity index is 1330. The molecule has 0 saturated carbocycles. The maximum Gasteiger partial charge on any atom is 0.204 e. The lowest BCUT2D eigenvalue weighted by atomic mass is 10.1. The molecule has 0 amide bonds. The van der Waals surface area contributed by atoms with Crippen molar-refractivity contribution in [3.8, 4) is 22.9 Å². The lowest BCUT2D eigenvalue weighted by Gasteiger charge is -2.12. The third-order valence-corrected chi connectivity index (χ3v) is 5.14. The maximum atomic E-state index is 6.00. The summed E-state index contributed by atoms with van der Waals surface area (Å²) in [6.07, 6.45) is 0. The summed E-state index contributed by atoms with van der Waals surface area (Å²) in [6, 6.07) is 25.9. The van der Waals surface area contributed by atoms with E-state index in [-0.39, 0.29) is 0 Å². The zero-order chi connectivity index (χ0) is 21.8. The Hall–Kier alpha value is -4.26. The van der Waals surface area contributed by atoms with E-state index in [4.69, 9.17) is 9.47 Å². The molecule has 32 heavy (non-hydrogen) atoms. The normalized spacial score (nSPS) is 10.9. The van der Waals surface area contributed by atoms with E-state index in [0.717, 1.165) is 44.8 Å². The molecule has 3 aromatic carbocycles. The number of nitrogens with one attached hydrogen (secondary N) is 1. The Balaban J connectivity index is 1.19. The van der Waals surface area contributed by atoms with Crippen molar-refractivity contribution in [3.63, 3.8) is 0 Å². The summed E-state index contributed by atoms with van der Waals surface area (Å²) in [5, 5.41) is 15.1. The van der Waals surface area contributed by atoms with Gasteiger partial charge in [0.05, 0.1) is 11.2 Å². The number of rotatable bonds is 7. The summed E-state index contributed by atoms with van der Waals surface area (Å²) >= 11 is 0. The van der Waals surface area contributed by atoms with Gasteiger partial charge >= 0.3 is 0 Å². The topological polar surface area (TPSA) is 85.8 Å². The van der Waals surface area contributed by atoms with Crippen LogP contribution in [-0.4, -0.2) is 25.6 Å². The fraction of sp³-hybridized carbons (Fsp3) is 0.120. The average Bonchev–Trinajstić information content (AvgIpc) is 3.37. The number of nitrogens with zero attached hydrogens (tertiary/aromatic N) is 4. The molecule has 0 aliphatic heterocycles. The maximum absolute atomic E-state index is 6.00. The summed E-state index contributed by atoms with van der Waals surface area (Å²) in [5.41, 5.74) is 4.83. The van der Waals surface area contributed by atoms with Crippen LogP contribution in [0.1, 0.15) is 16.8 Å². The number of aryl methyl sites for hydroxylation is 1. The molecule has 0 fully saturated rings. The van der Waals surface area contributed by atoms with E-state index in [1.807, 2.05) is 73.7 Å². The number of fused-ring (bicyclic) bond motifs is 1. The first kappa shape index (κ1) is 19.7. The number of hydrogen-bond acceptors (Lipinski definition) is 6. The molecule has 0 atom stereocenters. The minimum atomic E-state index is 0.415. The first-order valence-corrected chi connectivity index (χ1v) is 10.3. The standard InChI is InChI=1S/C25H21N5O2/c1-17-14-22(31-15-18-6-8-20(9-7-18)25-27-29-30-28-25)12-13-24(17)32-16-21-11-10-19-4-2-3-5-23(19)26-21/h2-14H,15-16H2,1H3,(H,27,28,29,30). The van der Waals surface area contributed by atoms with Gasteiger partial charge in [0.25, 0.3) is 0 Å². The van der Waals surface area contributed by atoms with Crippen LogP contribution in [0.3, 0.4) is 0 Å². The van der Waals surface area contributed by atoms with Gasteiger partial charge in [0.1, 0.15) is 24.7 Å². The summed E-state index contributed by atoms with van der Waals surface area (Å²) in [4.78, 5) is 4.66. The van der Waals surface area contributed by atoms with Gasteiger partial charge in [0.15, 0.2) is 0 Å². The molecule has 0 saturated heterocycles. The van der Waals surface area contributed by atoms with Crippen LogP contribution in [0.4, 0.5) is 0 Å². The zero-order valence-electron chi connectivity index (χ0n) is 17.5. The Morgan fingerprint density at radius 1 is 0.844 bits per heavy atom. The zero-order valence-corrected chi connectivity index (χ0v) is 17.5. The third-order valence-electron chi connectivity index (χ3n) is 5.14. The van der Waals surface area contributed by atoms with Gasteiger partial charge in [-0.05, 0) is 53.6 Å². The average molecular weight is 423 g/mol. The summed E-state index contributed by atoms with van der Waals surface area (Å²) in [7, 11) is 0. The van der Waals surface area contributed by atoms with Crippen molar-refractivity contribution in [3.05, 3.63) is 95.7 Å². The summed E-state index contributed by atoms with van der Waals surface area (Å²) in [6.45, 7) is 2.89. The molecule has 0 radical (unpaired) electrons. The van der Waals surface area contributed by atoms with Gasteiger partial charge in [-0.1, -0.05) is 48.5 Å². The lowest BCUT2D eigenvalue weighted by Crippen LogP contribution is -2.00. The highest BCUT2D eigenvalue weighted by Gasteiger charge is 2.06. The SMILES string of the molecule is Cc1cc(OCc2ccc(-c3nn[nH]n3)cc2)ccc1OCc1ccc2ccccc2n1. The first-order valence-electron chi connectivity index (χ1n) is 10.3. The second-order valence-corrected chi connectivity index (χ2v) is 7.43. The molecule has 1 N–H and O–H groups in total. The molecule has 2 aromatic heterocycles. The minimum Gasteiger partial charge on any atom is -0.489 e. The van der Waals surface area contributed by atoms with Crippen molar-refractivity contribution < 1.29 is 9.47 Å². The Morgan fingerprint density at radius 3 is 2.53 bits per heavy atom. The van der Waals surface area contributed by atoms with Crippen LogP contribution >= 0.6 is 0 Å². The highest BCUT2D eigenvalue weighted by Crippen LogP contribution is 2.25. The van der Waals surface area contributed by atoms with Gasteiger partial charge < -0.3 is 9.47 Å². The summed E-state index contributed by atoms with van der Waals surface area (Å²) in [5.74, 6) is 2.18. The van der Waals surface area contributed by atoms with Crippen LogP contribution in [-0.2, 0) is 13.2 Å². The van der Waals surface area contributed by atoms with E-state index >= 15 is 0 Å². The molecular weight excluding hydrogens is 402 g/mol. The van der Waals surface area contributed by atoms with Gasteiger partial charge in [-0.25, -0.2) is 4.98 Å². The van der Waals surface area contributed by atoms with Gasteiger partial charge in [-0.2, -0.15) is 5.21 Å². The second-order valence-electron chi connectivity index (χ2n) is 7.43. The van der Waals surface area contributed by atoms with Crippen molar-refractivity contribution in [2.75, 3.05) is 0 Å². The molecule has 0 spiro atoms. The quantitative estimate of drug-likeness (QED) is 0.401. The van der Waals surface area contributed by atoms with E-state index < -0.39 is 0 Å². The van der Waals surface area contributed by atoms with Gasteiger partial charge in [0.2, 0.25) is 5.82 Å². The number of para-hydroxylation sites is 1. The van der Waals surface area contributed by atoms with Crippen molar-refractivity contribution in [1.82, 2.24) is 25.6 Å². The largest absolute Gasteiger partial charge is 0.489 e. The molecule has 7 heteroatoms. The molecule has 158 valence electrons.